The summed E-state index contributed by atoms with van der Waals surface area (Å²) in [6, 6.07) is 18.3. The number of H-pyrrole nitrogens is 1. The molecule has 126 valence electrons. The van der Waals surface area contributed by atoms with Crippen LogP contribution in [-0.2, 0) is 11.2 Å². The highest BCUT2D eigenvalue weighted by molar-refractivity contribution is 6.02. The molecule has 0 saturated heterocycles. The van der Waals surface area contributed by atoms with Crippen LogP contribution in [0, 0.1) is 0 Å². The molecule has 2 aromatic carbocycles. The third-order valence-electron chi connectivity index (χ3n) is 3.80. The number of esters is 1. The molecule has 0 radical (unpaired) electrons. The van der Waals surface area contributed by atoms with Gasteiger partial charge in [0.15, 0.2) is 5.78 Å². The number of ketones is 1. The predicted octanol–water partition coefficient (Wildman–Crippen LogP) is 3.68. The molecule has 0 aliphatic rings. The second-order valence-electron chi connectivity index (χ2n) is 5.48. The maximum Gasteiger partial charge on any atom is 0.342 e. The van der Waals surface area contributed by atoms with Crippen molar-refractivity contribution in [1.29, 1.82) is 0 Å². The summed E-state index contributed by atoms with van der Waals surface area (Å²) in [7, 11) is 0. The molecule has 1 aromatic heterocycles. The van der Waals surface area contributed by atoms with Crippen molar-refractivity contribution < 1.29 is 14.3 Å². The van der Waals surface area contributed by atoms with Crippen LogP contribution < -0.4 is 0 Å². The first kappa shape index (κ1) is 16.6. The number of Topliss-reactive ketones (excluding diaryl/α,β-unsaturated/α-hetero) is 1. The highest BCUT2D eigenvalue weighted by Crippen LogP contribution is 2.25. The maximum absolute atomic E-state index is 12.5. The molecule has 0 aliphatic heterocycles. The van der Waals surface area contributed by atoms with Crippen LogP contribution in [0.4, 0.5) is 0 Å². The van der Waals surface area contributed by atoms with Gasteiger partial charge in [0.05, 0.1) is 18.7 Å². The van der Waals surface area contributed by atoms with Gasteiger partial charge in [-0.25, -0.2) is 4.79 Å². The lowest BCUT2D eigenvalue weighted by molar-refractivity contribution is 0.0526. The molecule has 5 heteroatoms. The molecule has 0 atom stereocenters. The van der Waals surface area contributed by atoms with E-state index in [-0.39, 0.29) is 18.8 Å². The van der Waals surface area contributed by atoms with Crippen molar-refractivity contribution >= 4 is 11.8 Å². The minimum absolute atomic E-state index is 0.0536. The Hall–Kier alpha value is -3.21. The molecule has 0 fully saturated rings. The van der Waals surface area contributed by atoms with E-state index in [1.54, 1.807) is 19.1 Å². The summed E-state index contributed by atoms with van der Waals surface area (Å²) >= 11 is 0. The lowest BCUT2D eigenvalue weighted by atomic mass is 10.0. The number of carbonyl (C=O) groups excluding carboxylic acids is 2. The molecule has 3 rings (SSSR count). The van der Waals surface area contributed by atoms with Gasteiger partial charge in [0.2, 0.25) is 0 Å². The third-order valence-corrected chi connectivity index (χ3v) is 3.80. The van der Waals surface area contributed by atoms with E-state index in [0.717, 1.165) is 5.56 Å². The second kappa shape index (κ2) is 7.57. The van der Waals surface area contributed by atoms with E-state index in [2.05, 4.69) is 10.2 Å². The number of ether oxygens (including phenoxy) is 1. The fraction of sp³-hybridized carbons (Fsp3) is 0.150. The van der Waals surface area contributed by atoms with Crippen LogP contribution in [0.3, 0.4) is 0 Å². The first-order chi connectivity index (χ1) is 12.2. The highest BCUT2D eigenvalue weighted by Gasteiger charge is 2.24. The number of nitrogens with zero attached hydrogens (tertiary/aromatic N) is 1. The summed E-state index contributed by atoms with van der Waals surface area (Å²) in [4.78, 5) is 24.9. The fourth-order valence-corrected chi connectivity index (χ4v) is 2.62. The van der Waals surface area contributed by atoms with Crippen LogP contribution in [0.5, 0.6) is 0 Å². The first-order valence-corrected chi connectivity index (χ1v) is 8.08. The molecular weight excluding hydrogens is 316 g/mol. The average molecular weight is 334 g/mol. The number of hydrogen-bond donors (Lipinski definition) is 1. The second-order valence-corrected chi connectivity index (χ2v) is 5.48. The van der Waals surface area contributed by atoms with Crippen molar-refractivity contribution in [3.8, 4) is 11.3 Å². The largest absolute Gasteiger partial charge is 0.462 e. The Morgan fingerprint density at radius 3 is 2.28 bits per heavy atom. The number of hydrogen-bond acceptors (Lipinski definition) is 4. The molecule has 5 nitrogen and oxygen atoms in total. The van der Waals surface area contributed by atoms with E-state index in [1.165, 1.54) is 0 Å². The smallest absolute Gasteiger partial charge is 0.342 e. The Labute approximate surface area is 145 Å². The Morgan fingerprint density at radius 1 is 1.00 bits per heavy atom. The van der Waals surface area contributed by atoms with Gasteiger partial charge in [-0.15, -0.1) is 0 Å². The minimum Gasteiger partial charge on any atom is -0.462 e. The van der Waals surface area contributed by atoms with Gasteiger partial charge in [-0.2, -0.15) is 5.10 Å². The third kappa shape index (κ3) is 3.66. The molecule has 1 N–H and O–H groups in total. The summed E-state index contributed by atoms with van der Waals surface area (Å²) in [6.07, 6.45) is 0.0536. The summed E-state index contributed by atoms with van der Waals surface area (Å²) < 4.78 is 5.17. The predicted molar refractivity (Wildman–Crippen MR) is 94.5 cm³/mol. The summed E-state index contributed by atoms with van der Waals surface area (Å²) in [5, 5.41) is 7.10. The molecule has 25 heavy (non-hydrogen) atoms. The van der Waals surface area contributed by atoms with Gasteiger partial charge in [-0.1, -0.05) is 60.7 Å². The summed E-state index contributed by atoms with van der Waals surface area (Å²) in [5.41, 5.74) is 2.66. The number of aromatic amines is 1. The fourth-order valence-electron chi connectivity index (χ4n) is 2.62. The normalized spacial score (nSPS) is 10.4. The molecule has 0 aliphatic carbocycles. The Morgan fingerprint density at radius 2 is 1.64 bits per heavy atom. The van der Waals surface area contributed by atoms with Gasteiger partial charge < -0.3 is 4.74 Å². The molecular formula is C20H18N2O3. The Balaban J connectivity index is 1.98. The van der Waals surface area contributed by atoms with E-state index < -0.39 is 5.97 Å². The summed E-state index contributed by atoms with van der Waals surface area (Å²) in [5.74, 6) is -0.569. The molecule has 0 spiro atoms. The van der Waals surface area contributed by atoms with Crippen LogP contribution in [0.15, 0.2) is 60.7 Å². The van der Waals surface area contributed by atoms with Crippen molar-refractivity contribution in [3.05, 3.63) is 77.5 Å². The zero-order valence-corrected chi connectivity index (χ0v) is 13.9. The van der Waals surface area contributed by atoms with E-state index in [0.29, 0.717) is 22.5 Å². The zero-order chi connectivity index (χ0) is 17.6. The highest BCUT2D eigenvalue weighted by atomic mass is 16.5. The number of aromatic nitrogens is 2. The van der Waals surface area contributed by atoms with Crippen molar-refractivity contribution in [1.82, 2.24) is 10.2 Å². The van der Waals surface area contributed by atoms with Crippen molar-refractivity contribution in [2.75, 3.05) is 6.61 Å². The standard InChI is InChI=1S/C20H18N2O3/c1-2-25-20(24)18-16(13-17(23)14-9-5-3-6-10-14)21-22-19(18)15-11-7-4-8-12-15/h3-12H,2,13H2,1H3,(H,21,22). The lowest BCUT2D eigenvalue weighted by Crippen LogP contribution is -2.11. The van der Waals surface area contributed by atoms with Gasteiger partial charge in [-0.3, -0.25) is 9.89 Å². The molecule has 0 amide bonds. The van der Waals surface area contributed by atoms with Crippen molar-refractivity contribution in [2.45, 2.75) is 13.3 Å². The van der Waals surface area contributed by atoms with E-state index in [9.17, 15) is 9.59 Å². The van der Waals surface area contributed by atoms with Crippen molar-refractivity contribution in [3.63, 3.8) is 0 Å². The topological polar surface area (TPSA) is 72.0 Å². The SMILES string of the molecule is CCOC(=O)c1c(-c2ccccc2)n[nH]c1CC(=O)c1ccccc1. The maximum atomic E-state index is 12.5. The van der Waals surface area contributed by atoms with E-state index in [4.69, 9.17) is 4.74 Å². The van der Waals surface area contributed by atoms with Gasteiger partial charge >= 0.3 is 5.97 Å². The molecule has 0 saturated carbocycles. The van der Waals surface area contributed by atoms with Crippen LogP contribution in [0.2, 0.25) is 0 Å². The number of rotatable bonds is 6. The van der Waals surface area contributed by atoms with Gasteiger partial charge in [-0.05, 0) is 6.92 Å². The number of carbonyl (C=O) groups is 2. The summed E-state index contributed by atoms with van der Waals surface area (Å²) in [6.45, 7) is 2.00. The Bertz CT molecular complexity index is 870. The quantitative estimate of drug-likeness (QED) is 0.551. The van der Waals surface area contributed by atoms with Crippen LogP contribution in [0.25, 0.3) is 11.3 Å². The molecule has 3 aromatic rings. The molecule has 0 bridgehead atoms. The number of benzene rings is 2. The lowest BCUT2D eigenvalue weighted by Gasteiger charge is -2.06. The van der Waals surface area contributed by atoms with Gasteiger partial charge in [0.1, 0.15) is 11.3 Å². The van der Waals surface area contributed by atoms with E-state index in [1.807, 2.05) is 48.5 Å². The van der Waals surface area contributed by atoms with E-state index >= 15 is 0 Å². The van der Waals surface area contributed by atoms with Crippen LogP contribution in [-0.4, -0.2) is 28.6 Å². The monoisotopic (exact) mass is 334 g/mol. The molecule has 1 heterocycles. The zero-order valence-electron chi connectivity index (χ0n) is 13.9. The van der Waals surface area contributed by atoms with Crippen LogP contribution >= 0.6 is 0 Å². The Kier molecular flexibility index (Phi) is 5.04. The average Bonchev–Trinajstić information content (AvgIpc) is 3.07. The van der Waals surface area contributed by atoms with Crippen LogP contribution in [0.1, 0.15) is 33.3 Å². The molecule has 0 unspecified atom stereocenters. The van der Waals surface area contributed by atoms with Gasteiger partial charge in [0.25, 0.3) is 0 Å². The first-order valence-electron chi connectivity index (χ1n) is 8.08. The minimum atomic E-state index is -0.481. The number of nitrogens with one attached hydrogen (secondary N) is 1. The van der Waals surface area contributed by atoms with Gasteiger partial charge in [0, 0.05) is 11.1 Å². The van der Waals surface area contributed by atoms with Crippen molar-refractivity contribution in [2.24, 2.45) is 0 Å².